The summed E-state index contributed by atoms with van der Waals surface area (Å²) in [5.74, 6) is 0.497. The van der Waals surface area contributed by atoms with Gasteiger partial charge in [-0.05, 0) is 36.2 Å². The highest BCUT2D eigenvalue weighted by Crippen LogP contribution is 2.21. The first-order chi connectivity index (χ1) is 9.88. The number of rotatable bonds is 5. The molecule has 21 heavy (non-hydrogen) atoms. The fraction of sp³-hybridized carbons (Fsp3) is 0.267. The molecule has 1 aromatic carbocycles. The fourth-order valence-corrected chi connectivity index (χ4v) is 3.14. The molecular weight excluding hydrogens is 352 g/mol. The molecule has 0 N–H and O–H groups in total. The van der Waals surface area contributed by atoms with Crippen LogP contribution in [-0.2, 0) is 16.3 Å². The van der Waals surface area contributed by atoms with Crippen LogP contribution in [0.3, 0.4) is 0 Å². The van der Waals surface area contributed by atoms with Gasteiger partial charge in [-0.2, -0.15) is 0 Å². The summed E-state index contributed by atoms with van der Waals surface area (Å²) in [7, 11) is -1.42. The largest absolute Gasteiger partial charge is 0.358 e. The maximum Gasteiger partial charge on any atom is 0.179 e. The molecular formula is C15H17BrN2O2S. The average molecular weight is 369 g/mol. The van der Waals surface area contributed by atoms with Crippen LogP contribution in [0.1, 0.15) is 5.56 Å². The summed E-state index contributed by atoms with van der Waals surface area (Å²) in [5, 5.41) is 0. The lowest BCUT2D eigenvalue weighted by atomic mass is 10.1. The molecule has 2 aromatic rings. The Morgan fingerprint density at radius 1 is 1.19 bits per heavy atom. The quantitative estimate of drug-likeness (QED) is 0.813. The van der Waals surface area contributed by atoms with Crippen molar-refractivity contribution in [3.05, 3.63) is 52.6 Å². The van der Waals surface area contributed by atoms with Crippen LogP contribution in [0, 0.1) is 0 Å². The molecule has 0 amide bonds. The minimum Gasteiger partial charge on any atom is -0.358 e. The van der Waals surface area contributed by atoms with Crippen LogP contribution < -0.4 is 4.90 Å². The van der Waals surface area contributed by atoms with Crippen molar-refractivity contribution in [2.24, 2.45) is 0 Å². The van der Waals surface area contributed by atoms with Gasteiger partial charge in [0, 0.05) is 30.5 Å². The van der Waals surface area contributed by atoms with Crippen molar-refractivity contribution in [1.29, 1.82) is 0 Å². The van der Waals surface area contributed by atoms with E-state index >= 15 is 0 Å². The lowest BCUT2D eigenvalue weighted by molar-refractivity contribution is 0.601. The first kappa shape index (κ1) is 16.0. The number of aromatic nitrogens is 1. The molecule has 0 saturated heterocycles. The zero-order valence-corrected chi connectivity index (χ0v) is 14.4. The van der Waals surface area contributed by atoms with Gasteiger partial charge < -0.3 is 4.90 Å². The Kier molecular flexibility index (Phi) is 5.00. The number of pyridine rings is 1. The maximum atomic E-state index is 11.8. The van der Waals surface area contributed by atoms with E-state index in [9.17, 15) is 8.42 Å². The van der Waals surface area contributed by atoms with Crippen molar-refractivity contribution in [3.8, 4) is 0 Å². The van der Waals surface area contributed by atoms with Crippen molar-refractivity contribution < 1.29 is 8.42 Å². The topological polar surface area (TPSA) is 50.3 Å². The molecule has 0 aliphatic rings. The van der Waals surface area contributed by atoms with E-state index in [2.05, 4.69) is 20.9 Å². The van der Waals surface area contributed by atoms with Crippen molar-refractivity contribution >= 4 is 31.6 Å². The zero-order chi connectivity index (χ0) is 15.5. The highest BCUT2D eigenvalue weighted by atomic mass is 79.9. The molecule has 0 saturated carbocycles. The van der Waals surface area contributed by atoms with Gasteiger partial charge in [0.15, 0.2) is 9.84 Å². The maximum absolute atomic E-state index is 11.8. The molecule has 0 spiro atoms. The van der Waals surface area contributed by atoms with Crippen molar-refractivity contribution in [3.63, 3.8) is 0 Å². The number of anilines is 1. The molecule has 0 unspecified atom stereocenters. The third-order valence-electron chi connectivity index (χ3n) is 3.16. The Morgan fingerprint density at radius 3 is 2.48 bits per heavy atom. The predicted octanol–water partition coefficient (Wildman–Crippen LogP) is 2.93. The highest BCUT2D eigenvalue weighted by molar-refractivity contribution is 9.10. The van der Waals surface area contributed by atoms with Crippen LogP contribution in [0.5, 0.6) is 0 Å². The lowest BCUT2D eigenvalue weighted by Gasteiger charge is -2.20. The van der Waals surface area contributed by atoms with Gasteiger partial charge in [-0.15, -0.1) is 0 Å². The Labute approximate surface area is 133 Å². The SMILES string of the molecule is CN(CCc1ccc(Br)cc1)c1ncccc1S(C)(=O)=O. The third-order valence-corrected chi connectivity index (χ3v) is 4.81. The molecule has 0 fully saturated rings. The zero-order valence-electron chi connectivity index (χ0n) is 12.0. The molecule has 1 aromatic heterocycles. The summed E-state index contributed by atoms with van der Waals surface area (Å²) in [4.78, 5) is 6.35. The van der Waals surface area contributed by atoms with Gasteiger partial charge in [-0.3, -0.25) is 0 Å². The summed E-state index contributed by atoms with van der Waals surface area (Å²) in [6.07, 6.45) is 3.64. The number of likely N-dealkylation sites (N-methyl/N-ethyl adjacent to an activating group) is 1. The van der Waals surface area contributed by atoms with Crippen LogP contribution in [-0.4, -0.2) is 33.2 Å². The van der Waals surface area contributed by atoms with Gasteiger partial charge in [-0.1, -0.05) is 28.1 Å². The molecule has 0 aliphatic heterocycles. The lowest BCUT2D eigenvalue weighted by Crippen LogP contribution is -2.23. The van der Waals surface area contributed by atoms with Crippen molar-refractivity contribution in [1.82, 2.24) is 4.98 Å². The van der Waals surface area contributed by atoms with E-state index in [0.29, 0.717) is 12.4 Å². The summed E-state index contributed by atoms with van der Waals surface area (Å²) in [6.45, 7) is 0.696. The van der Waals surface area contributed by atoms with Gasteiger partial charge in [0.1, 0.15) is 10.7 Å². The molecule has 112 valence electrons. The first-order valence-corrected chi connectivity index (χ1v) is 9.17. The second-order valence-corrected chi connectivity index (χ2v) is 7.80. The normalized spacial score (nSPS) is 11.4. The van der Waals surface area contributed by atoms with E-state index < -0.39 is 9.84 Å². The van der Waals surface area contributed by atoms with E-state index in [0.717, 1.165) is 10.9 Å². The van der Waals surface area contributed by atoms with Crippen LogP contribution >= 0.6 is 15.9 Å². The molecule has 6 heteroatoms. The van der Waals surface area contributed by atoms with Crippen LogP contribution in [0.15, 0.2) is 52.0 Å². The summed E-state index contributed by atoms with van der Waals surface area (Å²) < 4.78 is 24.6. The van der Waals surface area contributed by atoms with E-state index in [1.807, 2.05) is 36.2 Å². The molecule has 2 rings (SSSR count). The third kappa shape index (κ3) is 4.28. The van der Waals surface area contributed by atoms with Crippen molar-refractivity contribution in [2.75, 3.05) is 24.7 Å². The van der Waals surface area contributed by atoms with Gasteiger partial charge >= 0.3 is 0 Å². The average Bonchev–Trinajstić information content (AvgIpc) is 2.45. The molecule has 0 atom stereocenters. The number of nitrogens with zero attached hydrogens (tertiary/aromatic N) is 2. The Bertz CT molecular complexity index is 715. The van der Waals surface area contributed by atoms with E-state index in [4.69, 9.17) is 0 Å². The number of sulfone groups is 1. The van der Waals surface area contributed by atoms with Crippen LogP contribution in [0.25, 0.3) is 0 Å². The first-order valence-electron chi connectivity index (χ1n) is 6.48. The second kappa shape index (κ2) is 6.58. The Morgan fingerprint density at radius 2 is 1.86 bits per heavy atom. The minimum atomic E-state index is -3.28. The van der Waals surface area contributed by atoms with Gasteiger partial charge in [0.25, 0.3) is 0 Å². The monoisotopic (exact) mass is 368 g/mol. The van der Waals surface area contributed by atoms with Crippen LogP contribution in [0.4, 0.5) is 5.82 Å². The Hall–Kier alpha value is -1.40. The van der Waals surface area contributed by atoms with Gasteiger partial charge in [0.2, 0.25) is 0 Å². The van der Waals surface area contributed by atoms with Gasteiger partial charge in [-0.25, -0.2) is 13.4 Å². The fourth-order valence-electron chi connectivity index (χ4n) is 2.01. The second-order valence-electron chi connectivity index (χ2n) is 4.90. The number of hydrogen-bond donors (Lipinski definition) is 0. The molecule has 0 aliphatic carbocycles. The summed E-state index contributed by atoms with van der Waals surface area (Å²) >= 11 is 3.41. The number of benzene rings is 1. The summed E-state index contributed by atoms with van der Waals surface area (Å²) in [5.41, 5.74) is 1.20. The van der Waals surface area contributed by atoms with E-state index in [-0.39, 0.29) is 4.90 Å². The number of hydrogen-bond acceptors (Lipinski definition) is 4. The molecule has 1 heterocycles. The van der Waals surface area contributed by atoms with Crippen molar-refractivity contribution in [2.45, 2.75) is 11.3 Å². The predicted molar refractivity (Wildman–Crippen MR) is 88.5 cm³/mol. The molecule has 4 nitrogen and oxygen atoms in total. The standard InChI is InChI=1S/C15H17BrN2O2S/c1-18(11-9-12-5-7-13(16)8-6-12)15-14(21(2,19)20)4-3-10-17-15/h3-8,10H,9,11H2,1-2H3. The van der Waals surface area contributed by atoms with E-state index in [1.165, 1.54) is 11.8 Å². The van der Waals surface area contributed by atoms with E-state index in [1.54, 1.807) is 18.3 Å². The molecule has 0 bridgehead atoms. The minimum absolute atomic E-state index is 0.267. The highest BCUT2D eigenvalue weighted by Gasteiger charge is 2.16. The summed E-state index contributed by atoms with van der Waals surface area (Å²) in [6, 6.07) is 11.3. The van der Waals surface area contributed by atoms with Crippen LogP contribution in [0.2, 0.25) is 0 Å². The van der Waals surface area contributed by atoms with Gasteiger partial charge in [0.05, 0.1) is 0 Å². The Balaban J connectivity index is 2.14. The molecule has 0 radical (unpaired) electrons. The smallest absolute Gasteiger partial charge is 0.179 e. The number of halogens is 1.